The summed E-state index contributed by atoms with van der Waals surface area (Å²) in [5.41, 5.74) is 2.39. The van der Waals surface area contributed by atoms with Gasteiger partial charge in [0.25, 0.3) is 0 Å². The van der Waals surface area contributed by atoms with Crippen LogP contribution in [0.2, 0.25) is 0 Å². The van der Waals surface area contributed by atoms with E-state index in [-0.39, 0.29) is 30.1 Å². The van der Waals surface area contributed by atoms with E-state index < -0.39 is 0 Å². The minimum atomic E-state index is -0.214. The van der Waals surface area contributed by atoms with Gasteiger partial charge in [-0.05, 0) is 49.4 Å². The van der Waals surface area contributed by atoms with Gasteiger partial charge >= 0.3 is 0 Å². The number of rotatable bonds is 5. The Bertz CT molecular complexity index is 690. The fourth-order valence-corrected chi connectivity index (χ4v) is 3.24. The van der Waals surface area contributed by atoms with E-state index in [1.54, 1.807) is 12.1 Å². The molecule has 0 saturated heterocycles. The molecule has 0 bridgehead atoms. The molecule has 2 atom stereocenters. The third kappa shape index (κ3) is 3.52. The summed E-state index contributed by atoms with van der Waals surface area (Å²) < 4.78 is 5.10. The number of hydrogen-bond donors (Lipinski definition) is 1. The molecule has 23 heavy (non-hydrogen) atoms. The van der Waals surface area contributed by atoms with Crippen LogP contribution in [0, 0.1) is 0 Å². The average Bonchev–Trinajstić information content (AvgIpc) is 3.08. The highest BCUT2D eigenvalue weighted by molar-refractivity contribution is 5.94. The SMILES string of the molecule is C[C@H](CC(=O)c1ccco1)NC(=O)[C@H]1CCCc2ccccc21. The van der Waals surface area contributed by atoms with Crippen LogP contribution in [0.5, 0.6) is 0 Å². The molecule has 0 unspecified atom stereocenters. The molecule has 1 amide bonds. The second kappa shape index (κ2) is 6.82. The summed E-state index contributed by atoms with van der Waals surface area (Å²) in [6.45, 7) is 1.85. The largest absolute Gasteiger partial charge is 0.461 e. The second-order valence-electron chi connectivity index (χ2n) is 6.16. The molecule has 1 aromatic carbocycles. The van der Waals surface area contributed by atoms with E-state index in [9.17, 15) is 9.59 Å². The van der Waals surface area contributed by atoms with E-state index in [0.717, 1.165) is 24.8 Å². The van der Waals surface area contributed by atoms with Crippen LogP contribution in [0.15, 0.2) is 47.1 Å². The molecule has 0 radical (unpaired) electrons. The molecule has 0 fully saturated rings. The van der Waals surface area contributed by atoms with E-state index in [0.29, 0.717) is 5.76 Å². The van der Waals surface area contributed by atoms with Crippen molar-refractivity contribution in [3.63, 3.8) is 0 Å². The number of nitrogens with one attached hydrogen (secondary N) is 1. The molecule has 120 valence electrons. The van der Waals surface area contributed by atoms with Crippen molar-refractivity contribution in [3.05, 3.63) is 59.5 Å². The molecule has 1 heterocycles. The summed E-state index contributed by atoms with van der Waals surface area (Å²) in [6, 6.07) is 11.3. The quantitative estimate of drug-likeness (QED) is 0.860. The van der Waals surface area contributed by atoms with Gasteiger partial charge in [-0.1, -0.05) is 24.3 Å². The maximum Gasteiger partial charge on any atom is 0.227 e. The van der Waals surface area contributed by atoms with Crippen molar-refractivity contribution in [1.29, 1.82) is 0 Å². The van der Waals surface area contributed by atoms with Gasteiger partial charge in [0.15, 0.2) is 11.5 Å². The zero-order chi connectivity index (χ0) is 16.2. The second-order valence-corrected chi connectivity index (χ2v) is 6.16. The Labute approximate surface area is 135 Å². The van der Waals surface area contributed by atoms with E-state index >= 15 is 0 Å². The van der Waals surface area contributed by atoms with Gasteiger partial charge in [0.1, 0.15) is 0 Å². The fraction of sp³-hybridized carbons (Fsp3) is 0.368. The number of benzene rings is 1. The van der Waals surface area contributed by atoms with Crippen LogP contribution in [0.25, 0.3) is 0 Å². The van der Waals surface area contributed by atoms with E-state index in [1.807, 2.05) is 25.1 Å². The van der Waals surface area contributed by atoms with Crippen LogP contribution in [0.4, 0.5) is 0 Å². The molecular weight excluding hydrogens is 290 g/mol. The summed E-state index contributed by atoms with van der Waals surface area (Å²) >= 11 is 0. The number of carbonyl (C=O) groups excluding carboxylic acids is 2. The van der Waals surface area contributed by atoms with E-state index in [1.165, 1.54) is 11.8 Å². The standard InChI is InChI=1S/C19H21NO3/c1-13(12-17(21)18-10-5-11-23-18)20-19(22)16-9-4-7-14-6-2-3-8-15(14)16/h2-3,5-6,8,10-11,13,16H,4,7,9,12H2,1H3,(H,20,22)/t13-,16+/m1/s1. The molecule has 1 aliphatic rings. The lowest BCUT2D eigenvalue weighted by molar-refractivity contribution is -0.123. The number of fused-ring (bicyclic) bond motifs is 1. The first-order chi connectivity index (χ1) is 11.1. The summed E-state index contributed by atoms with van der Waals surface area (Å²) in [5, 5.41) is 2.98. The van der Waals surface area contributed by atoms with Crippen LogP contribution >= 0.6 is 0 Å². The lowest BCUT2D eigenvalue weighted by atomic mass is 9.82. The first kappa shape index (κ1) is 15.5. The van der Waals surface area contributed by atoms with E-state index in [4.69, 9.17) is 4.42 Å². The first-order valence-electron chi connectivity index (χ1n) is 8.10. The Morgan fingerprint density at radius 2 is 2.09 bits per heavy atom. The number of Topliss-reactive ketones (excluding diaryl/α,β-unsaturated/α-hetero) is 1. The van der Waals surface area contributed by atoms with Gasteiger partial charge in [-0.2, -0.15) is 0 Å². The number of carbonyl (C=O) groups is 2. The Hall–Kier alpha value is -2.36. The lowest BCUT2D eigenvalue weighted by Crippen LogP contribution is -2.38. The maximum atomic E-state index is 12.6. The maximum absolute atomic E-state index is 12.6. The topological polar surface area (TPSA) is 59.3 Å². The molecule has 3 rings (SSSR count). The number of aryl methyl sites for hydroxylation is 1. The van der Waals surface area contributed by atoms with Crippen molar-refractivity contribution >= 4 is 11.7 Å². The highest BCUT2D eigenvalue weighted by atomic mass is 16.3. The molecule has 4 nitrogen and oxygen atoms in total. The van der Waals surface area contributed by atoms with Crippen molar-refractivity contribution < 1.29 is 14.0 Å². The number of ketones is 1. The van der Waals surface area contributed by atoms with Gasteiger partial charge in [-0.3, -0.25) is 9.59 Å². The fourth-order valence-electron chi connectivity index (χ4n) is 3.24. The van der Waals surface area contributed by atoms with Crippen LogP contribution in [0.3, 0.4) is 0 Å². The molecule has 0 saturated carbocycles. The molecule has 2 aromatic rings. The van der Waals surface area contributed by atoms with Gasteiger partial charge in [0.2, 0.25) is 5.91 Å². The minimum Gasteiger partial charge on any atom is -0.461 e. The molecule has 1 aromatic heterocycles. The highest BCUT2D eigenvalue weighted by Crippen LogP contribution is 2.31. The first-order valence-corrected chi connectivity index (χ1v) is 8.10. The van der Waals surface area contributed by atoms with Gasteiger partial charge < -0.3 is 9.73 Å². The molecule has 0 spiro atoms. The molecule has 1 N–H and O–H groups in total. The third-order valence-corrected chi connectivity index (χ3v) is 4.36. The van der Waals surface area contributed by atoms with Gasteiger partial charge in [-0.15, -0.1) is 0 Å². The zero-order valence-corrected chi connectivity index (χ0v) is 13.2. The third-order valence-electron chi connectivity index (χ3n) is 4.36. The Kier molecular flexibility index (Phi) is 4.60. The normalized spacial score (nSPS) is 18.0. The molecule has 4 heteroatoms. The van der Waals surface area contributed by atoms with Crippen molar-refractivity contribution in [2.45, 2.75) is 44.6 Å². The van der Waals surface area contributed by atoms with Crippen LogP contribution in [-0.2, 0) is 11.2 Å². The average molecular weight is 311 g/mol. The molecular formula is C19H21NO3. The predicted molar refractivity (Wildman–Crippen MR) is 87.4 cm³/mol. The van der Waals surface area contributed by atoms with Crippen LogP contribution in [0.1, 0.15) is 53.8 Å². The van der Waals surface area contributed by atoms with Gasteiger partial charge in [-0.25, -0.2) is 0 Å². The Morgan fingerprint density at radius 3 is 2.87 bits per heavy atom. The van der Waals surface area contributed by atoms with Crippen molar-refractivity contribution in [2.24, 2.45) is 0 Å². The number of furan rings is 1. The minimum absolute atomic E-state index is 0.0110. The molecule has 0 aliphatic heterocycles. The smallest absolute Gasteiger partial charge is 0.227 e. The van der Waals surface area contributed by atoms with Crippen LogP contribution < -0.4 is 5.32 Å². The lowest BCUT2D eigenvalue weighted by Gasteiger charge is -2.26. The molecule has 1 aliphatic carbocycles. The summed E-state index contributed by atoms with van der Waals surface area (Å²) in [6.07, 6.45) is 4.64. The van der Waals surface area contributed by atoms with Gasteiger partial charge in [0, 0.05) is 12.5 Å². The summed E-state index contributed by atoms with van der Waals surface area (Å²) in [7, 11) is 0. The summed E-state index contributed by atoms with van der Waals surface area (Å²) in [4.78, 5) is 24.6. The van der Waals surface area contributed by atoms with Crippen LogP contribution in [-0.4, -0.2) is 17.7 Å². The van der Waals surface area contributed by atoms with Crippen molar-refractivity contribution in [2.75, 3.05) is 0 Å². The van der Waals surface area contributed by atoms with E-state index in [2.05, 4.69) is 11.4 Å². The van der Waals surface area contributed by atoms with Crippen molar-refractivity contribution in [3.8, 4) is 0 Å². The monoisotopic (exact) mass is 311 g/mol. The predicted octanol–water partition coefficient (Wildman–Crippen LogP) is 3.48. The summed E-state index contributed by atoms with van der Waals surface area (Å²) in [5.74, 6) is 0.152. The Balaban J connectivity index is 1.62. The number of hydrogen-bond acceptors (Lipinski definition) is 3. The Morgan fingerprint density at radius 1 is 1.26 bits per heavy atom. The van der Waals surface area contributed by atoms with Crippen molar-refractivity contribution in [1.82, 2.24) is 5.32 Å². The number of amides is 1. The highest BCUT2D eigenvalue weighted by Gasteiger charge is 2.27. The zero-order valence-electron chi connectivity index (χ0n) is 13.2. The van der Waals surface area contributed by atoms with Gasteiger partial charge in [0.05, 0.1) is 12.2 Å².